The van der Waals surface area contributed by atoms with Gasteiger partial charge < -0.3 is 14.7 Å². The van der Waals surface area contributed by atoms with Crippen LogP contribution in [0.4, 0.5) is 0 Å². The van der Waals surface area contributed by atoms with Crippen LogP contribution in [-0.4, -0.2) is 42.2 Å². The molecular weight excluding hydrogens is 322 g/mol. The number of methoxy groups -OCH3 is 1. The number of rotatable bonds is 6. The monoisotopic (exact) mass is 339 g/mol. The van der Waals surface area contributed by atoms with Crippen molar-refractivity contribution in [3.63, 3.8) is 0 Å². The topological polar surface area (TPSA) is 49.8 Å². The molecule has 1 aromatic carbocycles. The SMILES string of the molecule is COc1ccc(Br)cc1/C=C/C(=O)N(CCO)C1CC1. The minimum atomic E-state index is -0.0661. The van der Waals surface area contributed by atoms with Crippen molar-refractivity contribution < 1.29 is 14.6 Å². The average molecular weight is 340 g/mol. The highest BCUT2D eigenvalue weighted by atomic mass is 79.9. The van der Waals surface area contributed by atoms with Crippen LogP contribution in [0.3, 0.4) is 0 Å². The lowest BCUT2D eigenvalue weighted by molar-refractivity contribution is -0.127. The number of halogens is 1. The Morgan fingerprint density at radius 1 is 1.55 bits per heavy atom. The number of carbonyl (C=O) groups is 1. The van der Waals surface area contributed by atoms with Gasteiger partial charge in [0.15, 0.2) is 0 Å². The van der Waals surface area contributed by atoms with E-state index in [0.717, 1.165) is 28.6 Å². The first kappa shape index (κ1) is 15.1. The second-order valence-corrected chi connectivity index (χ2v) is 5.62. The van der Waals surface area contributed by atoms with Crippen LogP contribution in [0.25, 0.3) is 6.08 Å². The molecule has 0 radical (unpaired) electrons. The van der Waals surface area contributed by atoms with E-state index in [2.05, 4.69) is 15.9 Å². The van der Waals surface area contributed by atoms with Gasteiger partial charge in [0, 0.05) is 28.7 Å². The molecule has 0 spiro atoms. The molecule has 5 heteroatoms. The first-order valence-electron chi connectivity index (χ1n) is 6.58. The molecule has 1 amide bonds. The van der Waals surface area contributed by atoms with Gasteiger partial charge in [-0.2, -0.15) is 0 Å². The maximum atomic E-state index is 12.1. The number of hydrogen-bond acceptors (Lipinski definition) is 3. The number of carbonyl (C=O) groups excluding carboxylic acids is 1. The lowest BCUT2D eigenvalue weighted by Crippen LogP contribution is -2.34. The van der Waals surface area contributed by atoms with Crippen LogP contribution in [0.15, 0.2) is 28.7 Å². The zero-order valence-corrected chi connectivity index (χ0v) is 13.0. The van der Waals surface area contributed by atoms with Crippen molar-refractivity contribution in [3.8, 4) is 5.75 Å². The van der Waals surface area contributed by atoms with Gasteiger partial charge in [-0.1, -0.05) is 15.9 Å². The largest absolute Gasteiger partial charge is 0.496 e. The van der Waals surface area contributed by atoms with E-state index in [0.29, 0.717) is 12.6 Å². The Hall–Kier alpha value is -1.33. The predicted octanol–water partition coefficient (Wildman–Crippen LogP) is 2.45. The van der Waals surface area contributed by atoms with Crippen molar-refractivity contribution >= 4 is 27.9 Å². The third kappa shape index (κ3) is 3.84. The molecule has 1 aliphatic carbocycles. The summed E-state index contributed by atoms with van der Waals surface area (Å²) in [6, 6.07) is 5.93. The molecule has 108 valence electrons. The third-order valence-corrected chi connectivity index (χ3v) is 3.70. The maximum absolute atomic E-state index is 12.1. The fourth-order valence-electron chi connectivity index (χ4n) is 2.06. The van der Waals surface area contributed by atoms with E-state index >= 15 is 0 Å². The van der Waals surface area contributed by atoms with E-state index in [1.165, 1.54) is 6.08 Å². The van der Waals surface area contributed by atoms with Crippen LogP contribution in [-0.2, 0) is 4.79 Å². The number of aliphatic hydroxyl groups excluding tert-OH is 1. The summed E-state index contributed by atoms with van der Waals surface area (Å²) in [6.07, 6.45) is 5.34. The molecule has 2 rings (SSSR count). The van der Waals surface area contributed by atoms with Crippen LogP contribution in [0.1, 0.15) is 18.4 Å². The van der Waals surface area contributed by atoms with Gasteiger partial charge in [0.1, 0.15) is 5.75 Å². The molecule has 20 heavy (non-hydrogen) atoms. The highest BCUT2D eigenvalue weighted by Gasteiger charge is 2.30. The van der Waals surface area contributed by atoms with Gasteiger partial charge in [-0.25, -0.2) is 0 Å². The Morgan fingerprint density at radius 2 is 2.30 bits per heavy atom. The van der Waals surface area contributed by atoms with E-state index in [4.69, 9.17) is 9.84 Å². The standard InChI is InChI=1S/C15H18BrNO3/c1-20-14-6-3-12(16)10-11(14)2-7-15(19)17(8-9-18)13-4-5-13/h2-3,6-7,10,13,18H,4-5,8-9H2,1H3/b7-2+. The molecule has 0 saturated heterocycles. The minimum Gasteiger partial charge on any atom is -0.496 e. The van der Waals surface area contributed by atoms with Gasteiger partial charge in [0.25, 0.3) is 0 Å². The van der Waals surface area contributed by atoms with E-state index in [-0.39, 0.29) is 12.5 Å². The molecule has 1 saturated carbocycles. The third-order valence-electron chi connectivity index (χ3n) is 3.21. The molecule has 0 atom stereocenters. The number of aliphatic hydroxyl groups is 1. The lowest BCUT2D eigenvalue weighted by Gasteiger charge is -2.19. The summed E-state index contributed by atoms with van der Waals surface area (Å²) in [5, 5.41) is 9.02. The van der Waals surface area contributed by atoms with Crippen LogP contribution >= 0.6 is 15.9 Å². The first-order valence-corrected chi connectivity index (χ1v) is 7.38. The fraction of sp³-hybridized carbons (Fsp3) is 0.400. The summed E-state index contributed by atoms with van der Waals surface area (Å²) in [4.78, 5) is 13.9. The molecule has 0 aliphatic heterocycles. The summed E-state index contributed by atoms with van der Waals surface area (Å²) in [6.45, 7) is 0.389. The number of nitrogens with zero attached hydrogens (tertiary/aromatic N) is 1. The quantitative estimate of drug-likeness (QED) is 0.810. The number of hydrogen-bond donors (Lipinski definition) is 1. The Kier molecular flexibility index (Phi) is 5.20. The minimum absolute atomic E-state index is 0.00368. The zero-order valence-electron chi connectivity index (χ0n) is 11.4. The Bertz CT molecular complexity index is 512. The molecular formula is C15H18BrNO3. The van der Waals surface area contributed by atoms with Crippen molar-refractivity contribution in [1.82, 2.24) is 4.90 Å². The van der Waals surface area contributed by atoms with E-state index < -0.39 is 0 Å². The van der Waals surface area contributed by atoms with Crippen molar-refractivity contribution in [2.45, 2.75) is 18.9 Å². The van der Waals surface area contributed by atoms with Crippen molar-refractivity contribution in [2.24, 2.45) is 0 Å². The first-order chi connectivity index (χ1) is 9.65. The van der Waals surface area contributed by atoms with Gasteiger partial charge in [-0.05, 0) is 37.1 Å². The van der Waals surface area contributed by atoms with Gasteiger partial charge in [0.2, 0.25) is 5.91 Å². The second kappa shape index (κ2) is 6.90. The predicted molar refractivity (Wildman–Crippen MR) is 81.5 cm³/mol. The van der Waals surface area contributed by atoms with Crippen LogP contribution < -0.4 is 4.74 Å². The highest BCUT2D eigenvalue weighted by Crippen LogP contribution is 2.27. The van der Waals surface area contributed by atoms with Gasteiger partial charge in [0.05, 0.1) is 13.7 Å². The van der Waals surface area contributed by atoms with E-state index in [1.807, 2.05) is 18.2 Å². The molecule has 4 nitrogen and oxygen atoms in total. The molecule has 0 aromatic heterocycles. The summed E-state index contributed by atoms with van der Waals surface area (Å²) < 4.78 is 6.19. The highest BCUT2D eigenvalue weighted by molar-refractivity contribution is 9.10. The molecule has 1 N–H and O–H groups in total. The second-order valence-electron chi connectivity index (χ2n) is 4.71. The summed E-state index contributed by atoms with van der Waals surface area (Å²) in [5.74, 6) is 0.654. The van der Waals surface area contributed by atoms with Crippen LogP contribution in [0.2, 0.25) is 0 Å². The fourth-order valence-corrected chi connectivity index (χ4v) is 2.44. The number of amides is 1. The normalized spacial score (nSPS) is 14.6. The van der Waals surface area contributed by atoms with E-state index in [1.54, 1.807) is 18.1 Å². The molecule has 1 fully saturated rings. The Morgan fingerprint density at radius 3 is 2.90 bits per heavy atom. The summed E-state index contributed by atoms with van der Waals surface area (Å²) in [7, 11) is 1.60. The molecule has 0 unspecified atom stereocenters. The van der Waals surface area contributed by atoms with Crippen LogP contribution in [0.5, 0.6) is 5.75 Å². The van der Waals surface area contributed by atoms with Crippen molar-refractivity contribution in [3.05, 3.63) is 34.3 Å². The van der Waals surface area contributed by atoms with Gasteiger partial charge in [-0.3, -0.25) is 4.79 Å². The molecule has 1 aliphatic rings. The zero-order chi connectivity index (χ0) is 14.5. The number of ether oxygens (including phenoxy) is 1. The van der Waals surface area contributed by atoms with E-state index in [9.17, 15) is 4.79 Å². The van der Waals surface area contributed by atoms with Gasteiger partial charge in [-0.15, -0.1) is 0 Å². The molecule has 0 heterocycles. The van der Waals surface area contributed by atoms with Crippen molar-refractivity contribution in [2.75, 3.05) is 20.3 Å². The smallest absolute Gasteiger partial charge is 0.246 e. The number of benzene rings is 1. The van der Waals surface area contributed by atoms with Crippen LogP contribution in [0, 0.1) is 0 Å². The Labute approximate surface area is 127 Å². The average Bonchev–Trinajstić information content (AvgIpc) is 3.26. The summed E-state index contributed by atoms with van der Waals surface area (Å²) >= 11 is 3.40. The maximum Gasteiger partial charge on any atom is 0.246 e. The molecule has 1 aromatic rings. The molecule has 0 bridgehead atoms. The van der Waals surface area contributed by atoms with Gasteiger partial charge >= 0.3 is 0 Å². The Balaban J connectivity index is 2.11. The van der Waals surface area contributed by atoms with Crippen molar-refractivity contribution in [1.29, 1.82) is 0 Å². The summed E-state index contributed by atoms with van der Waals surface area (Å²) in [5.41, 5.74) is 0.843. The lowest BCUT2D eigenvalue weighted by atomic mass is 10.2.